The molecule has 0 bridgehead atoms. The van der Waals surface area contributed by atoms with Crippen LogP contribution in [0.1, 0.15) is 6.42 Å². The van der Waals surface area contributed by atoms with Crippen LogP contribution in [-0.2, 0) is 19.6 Å². The molecule has 5 nitrogen and oxygen atoms in total. The van der Waals surface area contributed by atoms with Crippen LogP contribution in [0, 0.1) is 0 Å². The number of rotatable bonds is 1. The zero-order valence-electron chi connectivity index (χ0n) is 5.11. The van der Waals surface area contributed by atoms with Crippen LogP contribution in [-0.4, -0.2) is 26.2 Å². The van der Waals surface area contributed by atoms with Gasteiger partial charge >= 0.3 is 5.97 Å². The van der Waals surface area contributed by atoms with Gasteiger partial charge in [-0.3, -0.25) is 4.79 Å². The predicted molar refractivity (Wildman–Crippen MR) is 32.5 cm³/mol. The molecule has 1 fully saturated rings. The van der Waals surface area contributed by atoms with Crippen LogP contribution in [0.4, 0.5) is 0 Å². The molecule has 0 spiro atoms. The van der Waals surface area contributed by atoms with Gasteiger partial charge in [0.05, 0.1) is 6.61 Å². The first-order chi connectivity index (χ1) is 4.52. The highest BCUT2D eigenvalue weighted by atomic mass is 32.2. The maximum absolute atomic E-state index is 10.5. The zero-order chi connectivity index (χ0) is 7.78. The lowest BCUT2D eigenvalue weighted by molar-refractivity contribution is -0.137. The second-order valence-corrected chi connectivity index (χ2v) is 3.78. The van der Waals surface area contributed by atoms with Crippen LogP contribution < -0.4 is 5.14 Å². The molecular weight excluding hydrogens is 158 g/mol. The summed E-state index contributed by atoms with van der Waals surface area (Å²) >= 11 is 0. The fourth-order valence-corrected chi connectivity index (χ4v) is 1.54. The molecule has 0 aliphatic carbocycles. The minimum absolute atomic E-state index is 0.153. The summed E-state index contributed by atoms with van der Waals surface area (Å²) in [7, 11) is -3.73. The summed E-state index contributed by atoms with van der Waals surface area (Å²) in [6.07, 6.45) is 0.178. The molecule has 1 aliphatic rings. The van der Waals surface area contributed by atoms with Crippen molar-refractivity contribution in [3.63, 3.8) is 0 Å². The van der Waals surface area contributed by atoms with Crippen LogP contribution in [0.3, 0.4) is 0 Å². The molecule has 2 N–H and O–H groups in total. The lowest BCUT2D eigenvalue weighted by atomic mass is 10.4. The van der Waals surface area contributed by atoms with E-state index < -0.39 is 21.2 Å². The van der Waals surface area contributed by atoms with E-state index in [2.05, 4.69) is 4.74 Å². The van der Waals surface area contributed by atoms with Gasteiger partial charge in [0.25, 0.3) is 0 Å². The molecule has 0 aromatic heterocycles. The molecular formula is C4H7NO4S. The highest BCUT2D eigenvalue weighted by Crippen LogP contribution is 2.11. The molecule has 1 heterocycles. The number of carbonyl (C=O) groups excluding carboxylic acids is 1. The van der Waals surface area contributed by atoms with E-state index >= 15 is 0 Å². The van der Waals surface area contributed by atoms with Crippen molar-refractivity contribution >= 4 is 16.0 Å². The van der Waals surface area contributed by atoms with Gasteiger partial charge in [-0.1, -0.05) is 0 Å². The number of cyclic esters (lactones) is 1. The molecule has 0 aromatic rings. The van der Waals surface area contributed by atoms with Crippen molar-refractivity contribution in [2.24, 2.45) is 5.14 Å². The number of carbonyl (C=O) groups is 1. The van der Waals surface area contributed by atoms with E-state index in [-0.39, 0.29) is 13.0 Å². The van der Waals surface area contributed by atoms with Crippen molar-refractivity contribution in [2.75, 3.05) is 6.61 Å². The number of esters is 1. The van der Waals surface area contributed by atoms with Crippen LogP contribution in [0.15, 0.2) is 0 Å². The minimum atomic E-state index is -3.73. The highest BCUT2D eigenvalue weighted by Gasteiger charge is 2.35. The van der Waals surface area contributed by atoms with Gasteiger partial charge in [-0.05, 0) is 0 Å². The van der Waals surface area contributed by atoms with Crippen molar-refractivity contribution < 1.29 is 17.9 Å². The third kappa shape index (κ3) is 1.27. The Morgan fingerprint density at radius 2 is 2.20 bits per heavy atom. The average Bonchev–Trinajstić information content (AvgIpc) is 2.11. The predicted octanol–water partition coefficient (Wildman–Crippen LogP) is -1.41. The molecule has 58 valence electrons. The molecule has 6 heteroatoms. The number of sulfonamides is 1. The fourth-order valence-electron chi connectivity index (χ4n) is 0.776. The third-order valence-corrected chi connectivity index (χ3v) is 2.51. The van der Waals surface area contributed by atoms with Gasteiger partial charge in [0.15, 0.2) is 5.25 Å². The molecule has 1 atom stereocenters. The number of ether oxygens (including phenoxy) is 1. The van der Waals surface area contributed by atoms with E-state index in [9.17, 15) is 13.2 Å². The van der Waals surface area contributed by atoms with Crippen molar-refractivity contribution in [3.8, 4) is 0 Å². The topological polar surface area (TPSA) is 86.5 Å². The fraction of sp³-hybridized carbons (Fsp3) is 0.750. The molecule has 10 heavy (non-hydrogen) atoms. The second kappa shape index (κ2) is 2.21. The van der Waals surface area contributed by atoms with E-state index in [4.69, 9.17) is 5.14 Å². The molecule has 1 aliphatic heterocycles. The first-order valence-electron chi connectivity index (χ1n) is 2.70. The van der Waals surface area contributed by atoms with Gasteiger partial charge in [0.1, 0.15) is 0 Å². The largest absolute Gasteiger partial charge is 0.465 e. The van der Waals surface area contributed by atoms with E-state index in [1.165, 1.54) is 0 Å². The Morgan fingerprint density at radius 3 is 2.40 bits per heavy atom. The van der Waals surface area contributed by atoms with Crippen molar-refractivity contribution in [1.82, 2.24) is 0 Å². The van der Waals surface area contributed by atoms with Crippen LogP contribution in [0.25, 0.3) is 0 Å². The third-order valence-electron chi connectivity index (χ3n) is 1.28. The Hall–Kier alpha value is -0.620. The molecule has 0 saturated carbocycles. The maximum atomic E-state index is 10.5. The normalized spacial score (nSPS) is 26.5. The molecule has 1 saturated heterocycles. The Labute approximate surface area is 58.2 Å². The van der Waals surface area contributed by atoms with Crippen LogP contribution >= 0.6 is 0 Å². The Bertz CT molecular complexity index is 244. The van der Waals surface area contributed by atoms with E-state index in [0.717, 1.165) is 0 Å². The van der Waals surface area contributed by atoms with Gasteiger partial charge < -0.3 is 4.74 Å². The summed E-state index contributed by atoms with van der Waals surface area (Å²) < 4.78 is 25.4. The number of primary sulfonamides is 1. The van der Waals surface area contributed by atoms with Gasteiger partial charge in [-0.15, -0.1) is 0 Å². The van der Waals surface area contributed by atoms with Crippen molar-refractivity contribution in [2.45, 2.75) is 11.7 Å². The number of nitrogens with two attached hydrogens (primary N) is 1. The molecule has 0 aromatic carbocycles. The SMILES string of the molecule is NS(=O)(=O)[C@H]1CCOC1=O. The smallest absolute Gasteiger partial charge is 0.325 e. The lowest BCUT2D eigenvalue weighted by Crippen LogP contribution is -2.31. The molecule has 0 radical (unpaired) electrons. The van der Waals surface area contributed by atoms with E-state index in [1.807, 2.05) is 0 Å². The maximum Gasteiger partial charge on any atom is 0.325 e. The van der Waals surface area contributed by atoms with Crippen molar-refractivity contribution in [3.05, 3.63) is 0 Å². The Kier molecular flexibility index (Phi) is 1.65. The van der Waals surface area contributed by atoms with E-state index in [0.29, 0.717) is 0 Å². The Morgan fingerprint density at radius 1 is 1.60 bits per heavy atom. The summed E-state index contributed by atoms with van der Waals surface area (Å²) in [5.74, 6) is -0.734. The van der Waals surface area contributed by atoms with E-state index in [1.54, 1.807) is 0 Å². The number of hydrogen-bond acceptors (Lipinski definition) is 4. The van der Waals surface area contributed by atoms with Gasteiger partial charge in [0.2, 0.25) is 10.0 Å². The van der Waals surface area contributed by atoms with Gasteiger partial charge in [-0.25, -0.2) is 13.6 Å². The molecule has 1 rings (SSSR count). The summed E-state index contributed by atoms with van der Waals surface area (Å²) in [5.41, 5.74) is 0. The molecule has 0 unspecified atom stereocenters. The monoisotopic (exact) mass is 165 g/mol. The lowest BCUT2D eigenvalue weighted by Gasteiger charge is -1.99. The number of hydrogen-bond donors (Lipinski definition) is 1. The first-order valence-corrected chi connectivity index (χ1v) is 4.31. The van der Waals surface area contributed by atoms with Crippen LogP contribution in [0.5, 0.6) is 0 Å². The summed E-state index contributed by atoms with van der Waals surface area (Å²) in [6.45, 7) is 0.153. The highest BCUT2D eigenvalue weighted by molar-refractivity contribution is 7.90. The molecule has 0 amide bonds. The van der Waals surface area contributed by atoms with Crippen molar-refractivity contribution in [1.29, 1.82) is 0 Å². The van der Waals surface area contributed by atoms with Gasteiger partial charge in [0, 0.05) is 6.42 Å². The average molecular weight is 165 g/mol. The Balaban J connectivity index is 2.84. The zero-order valence-corrected chi connectivity index (χ0v) is 5.93. The van der Waals surface area contributed by atoms with Gasteiger partial charge in [-0.2, -0.15) is 0 Å². The van der Waals surface area contributed by atoms with Crippen LogP contribution in [0.2, 0.25) is 0 Å². The minimum Gasteiger partial charge on any atom is -0.465 e. The first kappa shape index (κ1) is 7.49. The second-order valence-electron chi connectivity index (χ2n) is 2.03. The standard InChI is InChI=1S/C4H7NO4S/c5-10(7,8)3-1-2-9-4(3)6/h3H,1-2H2,(H2,5,7,8)/t3-/m0/s1. The summed E-state index contributed by atoms with van der Waals surface area (Å²) in [4.78, 5) is 10.5. The summed E-state index contributed by atoms with van der Waals surface area (Å²) in [6, 6.07) is 0. The summed E-state index contributed by atoms with van der Waals surface area (Å²) in [5, 5.41) is 3.57. The quantitative estimate of drug-likeness (QED) is 0.483.